The molecule has 1 aliphatic heterocycles. The van der Waals surface area contributed by atoms with E-state index in [4.69, 9.17) is 5.73 Å². The van der Waals surface area contributed by atoms with E-state index in [1.165, 1.54) is 0 Å². The molecule has 0 aliphatic carbocycles. The van der Waals surface area contributed by atoms with Crippen LogP contribution in [-0.4, -0.2) is 44.2 Å². The predicted octanol–water partition coefficient (Wildman–Crippen LogP) is 1.39. The normalized spacial score (nSPS) is 20.6. The number of sulfonamides is 1. The lowest BCUT2D eigenvalue weighted by molar-refractivity contribution is 0.100. The molecule has 0 saturated carbocycles. The number of rotatable bonds is 7. The predicted molar refractivity (Wildman–Crippen MR) is 102 cm³/mol. The molecule has 0 radical (unpaired) electrons. The van der Waals surface area contributed by atoms with E-state index in [2.05, 4.69) is 23.6 Å². The summed E-state index contributed by atoms with van der Waals surface area (Å²) in [5.41, 5.74) is 5.79. The monoisotopic (exact) mass is 390 g/mol. The fourth-order valence-corrected chi connectivity index (χ4v) is 4.57. The van der Waals surface area contributed by atoms with Crippen LogP contribution in [0.1, 0.15) is 37.6 Å². The molecule has 0 aromatic carbocycles. The van der Waals surface area contributed by atoms with Gasteiger partial charge in [-0.05, 0) is 30.4 Å². The topological polar surface area (TPSA) is 105 Å². The fraction of sp³-hybridized carbons (Fsp3) is 0.625. The van der Waals surface area contributed by atoms with Gasteiger partial charge < -0.3 is 10.6 Å². The van der Waals surface area contributed by atoms with Crippen molar-refractivity contribution in [1.82, 2.24) is 9.71 Å². The number of carbonyl (C=O) groups is 1. The van der Waals surface area contributed by atoms with E-state index in [-0.39, 0.29) is 30.1 Å². The van der Waals surface area contributed by atoms with Gasteiger partial charge in [0.15, 0.2) is 0 Å². The van der Waals surface area contributed by atoms with E-state index in [0.29, 0.717) is 36.8 Å². The lowest BCUT2D eigenvalue weighted by Gasteiger charge is -2.22. The van der Waals surface area contributed by atoms with Crippen molar-refractivity contribution in [2.24, 2.45) is 17.6 Å². The molecule has 2 heterocycles. The van der Waals surface area contributed by atoms with Crippen molar-refractivity contribution < 1.29 is 13.2 Å². The number of primary amides is 1. The number of nitrogens with zero attached hydrogens (tertiary/aromatic N) is 2. The highest BCUT2D eigenvalue weighted by Crippen LogP contribution is 2.29. The summed E-state index contributed by atoms with van der Waals surface area (Å²) in [5, 5.41) is 0. The quantitative estimate of drug-likeness (QED) is 0.731. The maximum Gasteiger partial charge on any atom is 0.252 e. The SMILES string of the molecule is CCCS(=O)(=O)N[C@H]1CN(c2ncccc2C(N)=O)C[C@@H]1C(C)C.Cl. The summed E-state index contributed by atoms with van der Waals surface area (Å²) >= 11 is 0. The first-order valence-corrected chi connectivity index (χ1v) is 9.90. The van der Waals surface area contributed by atoms with Crippen LogP contribution in [0, 0.1) is 11.8 Å². The Balaban J connectivity index is 0.00000312. The molecule has 0 unspecified atom stereocenters. The van der Waals surface area contributed by atoms with Crippen molar-refractivity contribution in [1.29, 1.82) is 0 Å². The maximum atomic E-state index is 12.2. The number of nitrogens with one attached hydrogen (secondary N) is 1. The van der Waals surface area contributed by atoms with E-state index >= 15 is 0 Å². The summed E-state index contributed by atoms with van der Waals surface area (Å²) in [7, 11) is -3.30. The number of hydrogen-bond acceptors (Lipinski definition) is 5. The summed E-state index contributed by atoms with van der Waals surface area (Å²) in [5.74, 6) is 0.538. The summed E-state index contributed by atoms with van der Waals surface area (Å²) in [6.07, 6.45) is 2.19. The Bertz CT molecular complexity index is 696. The summed E-state index contributed by atoms with van der Waals surface area (Å²) in [4.78, 5) is 17.9. The van der Waals surface area contributed by atoms with Crippen LogP contribution in [0.3, 0.4) is 0 Å². The molecule has 7 nitrogen and oxygen atoms in total. The van der Waals surface area contributed by atoms with Crippen LogP contribution >= 0.6 is 12.4 Å². The first-order chi connectivity index (χ1) is 11.2. The number of amides is 1. The van der Waals surface area contributed by atoms with Crippen molar-refractivity contribution in [2.75, 3.05) is 23.7 Å². The second-order valence-electron chi connectivity index (χ2n) is 6.59. The molecule has 3 N–H and O–H groups in total. The number of carbonyl (C=O) groups excluding carboxylic acids is 1. The Labute approximate surface area is 155 Å². The summed E-state index contributed by atoms with van der Waals surface area (Å²) < 4.78 is 27.1. The number of halogens is 1. The van der Waals surface area contributed by atoms with Gasteiger partial charge in [-0.15, -0.1) is 12.4 Å². The summed E-state index contributed by atoms with van der Waals surface area (Å²) in [6.45, 7) is 7.09. The third-order valence-electron chi connectivity index (χ3n) is 4.38. The van der Waals surface area contributed by atoms with Crippen LogP contribution in [0.15, 0.2) is 18.3 Å². The van der Waals surface area contributed by atoms with Gasteiger partial charge in [0, 0.05) is 25.3 Å². The van der Waals surface area contributed by atoms with Gasteiger partial charge in [0.1, 0.15) is 5.82 Å². The molecule has 1 aromatic rings. The molecule has 25 heavy (non-hydrogen) atoms. The van der Waals surface area contributed by atoms with Gasteiger partial charge in [-0.1, -0.05) is 20.8 Å². The molecular formula is C16H27ClN4O3S. The van der Waals surface area contributed by atoms with Crippen molar-refractivity contribution in [2.45, 2.75) is 33.2 Å². The molecule has 9 heteroatoms. The minimum atomic E-state index is -3.30. The van der Waals surface area contributed by atoms with Crippen molar-refractivity contribution in [3.05, 3.63) is 23.9 Å². The molecule has 0 bridgehead atoms. The second kappa shape index (κ2) is 8.82. The smallest absolute Gasteiger partial charge is 0.252 e. The van der Waals surface area contributed by atoms with Crippen LogP contribution in [-0.2, 0) is 10.0 Å². The van der Waals surface area contributed by atoms with E-state index in [1.54, 1.807) is 18.3 Å². The fourth-order valence-electron chi connectivity index (χ4n) is 3.20. The van der Waals surface area contributed by atoms with Crippen LogP contribution in [0.4, 0.5) is 5.82 Å². The largest absolute Gasteiger partial charge is 0.365 e. The third kappa shape index (κ3) is 5.29. The lowest BCUT2D eigenvalue weighted by Crippen LogP contribution is -2.43. The lowest BCUT2D eigenvalue weighted by atomic mass is 9.92. The Kier molecular flexibility index (Phi) is 7.64. The molecular weight excluding hydrogens is 364 g/mol. The van der Waals surface area contributed by atoms with Gasteiger partial charge in [0.25, 0.3) is 5.91 Å². The van der Waals surface area contributed by atoms with E-state index in [0.717, 1.165) is 0 Å². The zero-order chi connectivity index (χ0) is 17.9. The number of pyridine rings is 1. The van der Waals surface area contributed by atoms with Crippen molar-refractivity contribution >= 4 is 34.2 Å². The zero-order valence-electron chi connectivity index (χ0n) is 14.8. The molecule has 0 spiro atoms. The third-order valence-corrected chi connectivity index (χ3v) is 5.98. The van der Waals surface area contributed by atoms with E-state index in [9.17, 15) is 13.2 Å². The van der Waals surface area contributed by atoms with Crippen LogP contribution in [0.2, 0.25) is 0 Å². The highest BCUT2D eigenvalue weighted by atomic mass is 35.5. The first-order valence-electron chi connectivity index (χ1n) is 8.25. The molecule has 2 rings (SSSR count). The van der Waals surface area contributed by atoms with Crippen LogP contribution in [0.5, 0.6) is 0 Å². The molecule has 142 valence electrons. The maximum absolute atomic E-state index is 12.2. The Morgan fingerprint density at radius 2 is 2.12 bits per heavy atom. The molecule has 1 fully saturated rings. The average molecular weight is 391 g/mol. The van der Waals surface area contributed by atoms with Crippen LogP contribution < -0.4 is 15.4 Å². The number of nitrogens with two attached hydrogens (primary N) is 1. The van der Waals surface area contributed by atoms with Gasteiger partial charge in [0.2, 0.25) is 10.0 Å². The van der Waals surface area contributed by atoms with Gasteiger partial charge in [-0.25, -0.2) is 18.1 Å². The van der Waals surface area contributed by atoms with Gasteiger partial charge in [-0.2, -0.15) is 0 Å². The number of aromatic nitrogens is 1. The van der Waals surface area contributed by atoms with Crippen molar-refractivity contribution in [3.63, 3.8) is 0 Å². The van der Waals surface area contributed by atoms with Crippen LogP contribution in [0.25, 0.3) is 0 Å². The molecule has 1 aliphatic rings. The highest BCUT2D eigenvalue weighted by Gasteiger charge is 2.38. The minimum absolute atomic E-state index is 0. The Morgan fingerprint density at radius 1 is 1.44 bits per heavy atom. The van der Waals surface area contributed by atoms with Gasteiger partial charge in [-0.3, -0.25) is 4.79 Å². The second-order valence-corrected chi connectivity index (χ2v) is 8.47. The minimum Gasteiger partial charge on any atom is -0.365 e. The van der Waals surface area contributed by atoms with E-state index in [1.807, 2.05) is 11.8 Å². The van der Waals surface area contributed by atoms with E-state index < -0.39 is 15.9 Å². The van der Waals surface area contributed by atoms with Crippen molar-refractivity contribution in [3.8, 4) is 0 Å². The molecule has 1 aromatic heterocycles. The number of anilines is 1. The Morgan fingerprint density at radius 3 is 2.68 bits per heavy atom. The molecule has 1 saturated heterocycles. The average Bonchev–Trinajstić information content (AvgIpc) is 2.90. The number of hydrogen-bond donors (Lipinski definition) is 2. The zero-order valence-corrected chi connectivity index (χ0v) is 16.4. The highest BCUT2D eigenvalue weighted by molar-refractivity contribution is 7.89. The molecule has 1 amide bonds. The Hall–Kier alpha value is -1.38. The molecule has 2 atom stereocenters. The standard InChI is InChI=1S/C16H26N4O3S.ClH/c1-4-8-24(22,23)19-14-10-20(9-13(14)11(2)3)16-12(15(17)21)6-5-7-18-16;/h5-7,11,13-14,19H,4,8-10H2,1-3H3,(H2,17,21);1H/t13-,14+;/m1./s1. The van der Waals surface area contributed by atoms with Gasteiger partial charge >= 0.3 is 0 Å². The first kappa shape index (κ1) is 21.7. The summed E-state index contributed by atoms with van der Waals surface area (Å²) in [6, 6.07) is 3.11. The van der Waals surface area contributed by atoms with Gasteiger partial charge in [0.05, 0.1) is 11.3 Å².